The minimum Gasteiger partial charge on any atom is -0.452 e. The number of hydrogen-bond acceptors (Lipinski definition) is 8. The number of likely N-dealkylation sites (N-methyl/N-ethyl adjacent to an activating group) is 1. The van der Waals surface area contributed by atoms with Crippen molar-refractivity contribution >= 4 is 50.6 Å². The molecule has 3 aromatic heterocycles. The number of anilines is 1. The Morgan fingerprint density at radius 2 is 2.03 bits per heavy atom. The molecule has 0 saturated carbocycles. The third-order valence-electron chi connectivity index (χ3n) is 5.64. The van der Waals surface area contributed by atoms with Gasteiger partial charge in [0.15, 0.2) is 11.7 Å². The van der Waals surface area contributed by atoms with E-state index in [4.69, 9.17) is 9.72 Å². The van der Waals surface area contributed by atoms with E-state index in [-0.39, 0.29) is 6.61 Å². The SMILES string of the molecule is CCN1CCc2nc3ccccc3c(C(=O)OCC(=O)Nc3nc(-c4cccs4)cs3)c2C1. The Hall–Kier alpha value is -3.14. The molecule has 1 aliphatic rings. The van der Waals surface area contributed by atoms with Crippen LogP contribution in [0.3, 0.4) is 0 Å². The fraction of sp³-hybridized carbons (Fsp3) is 0.250. The van der Waals surface area contributed by atoms with E-state index in [1.54, 1.807) is 11.3 Å². The molecule has 5 rings (SSSR count). The van der Waals surface area contributed by atoms with Gasteiger partial charge in [-0.3, -0.25) is 20.0 Å². The number of rotatable bonds is 6. The summed E-state index contributed by atoms with van der Waals surface area (Å²) in [6.45, 7) is 4.17. The molecule has 1 aliphatic heterocycles. The van der Waals surface area contributed by atoms with Gasteiger partial charge in [-0.2, -0.15) is 0 Å². The number of amides is 1. The molecular weight excluding hydrogens is 456 g/mol. The third kappa shape index (κ3) is 4.52. The van der Waals surface area contributed by atoms with Crippen molar-refractivity contribution in [3.63, 3.8) is 0 Å². The van der Waals surface area contributed by atoms with E-state index in [0.29, 0.717) is 17.2 Å². The molecule has 0 bridgehead atoms. The predicted octanol–water partition coefficient (Wildman–Crippen LogP) is 4.59. The van der Waals surface area contributed by atoms with Crippen molar-refractivity contribution in [2.24, 2.45) is 0 Å². The fourth-order valence-electron chi connectivity index (χ4n) is 3.98. The molecule has 33 heavy (non-hydrogen) atoms. The zero-order chi connectivity index (χ0) is 22.8. The van der Waals surface area contributed by atoms with Crippen molar-refractivity contribution in [2.75, 3.05) is 25.0 Å². The fourth-order valence-corrected chi connectivity index (χ4v) is 5.46. The van der Waals surface area contributed by atoms with Crippen LogP contribution in [0.5, 0.6) is 0 Å². The highest BCUT2D eigenvalue weighted by molar-refractivity contribution is 7.16. The normalized spacial score (nSPS) is 13.6. The van der Waals surface area contributed by atoms with Crippen molar-refractivity contribution in [1.29, 1.82) is 0 Å². The van der Waals surface area contributed by atoms with Gasteiger partial charge in [-0.15, -0.1) is 22.7 Å². The monoisotopic (exact) mass is 478 g/mol. The van der Waals surface area contributed by atoms with Crippen LogP contribution in [0.4, 0.5) is 5.13 Å². The molecule has 4 aromatic rings. The van der Waals surface area contributed by atoms with Crippen molar-refractivity contribution < 1.29 is 14.3 Å². The predicted molar refractivity (Wildman–Crippen MR) is 131 cm³/mol. The number of carbonyl (C=O) groups excluding carboxylic acids is 2. The van der Waals surface area contributed by atoms with E-state index in [1.165, 1.54) is 11.3 Å². The minimum atomic E-state index is -0.503. The number of thiazole rings is 1. The molecule has 0 fully saturated rings. The zero-order valence-electron chi connectivity index (χ0n) is 18.0. The zero-order valence-corrected chi connectivity index (χ0v) is 19.7. The van der Waals surface area contributed by atoms with Crippen LogP contribution in [-0.4, -0.2) is 46.4 Å². The number of pyridine rings is 1. The van der Waals surface area contributed by atoms with Crippen molar-refractivity contribution in [1.82, 2.24) is 14.9 Å². The van der Waals surface area contributed by atoms with E-state index in [1.807, 2.05) is 47.2 Å². The first-order valence-electron chi connectivity index (χ1n) is 10.7. The average Bonchev–Trinajstić information content (AvgIpc) is 3.53. The molecular formula is C24H22N4O3S2. The molecule has 1 N–H and O–H groups in total. The van der Waals surface area contributed by atoms with Crippen LogP contribution in [-0.2, 0) is 22.5 Å². The summed E-state index contributed by atoms with van der Waals surface area (Å²) in [5, 5.41) is 7.82. The van der Waals surface area contributed by atoms with Crippen LogP contribution in [0.2, 0.25) is 0 Å². The summed E-state index contributed by atoms with van der Waals surface area (Å²) < 4.78 is 5.47. The number of hydrogen-bond donors (Lipinski definition) is 1. The molecule has 4 heterocycles. The molecule has 168 valence electrons. The maximum atomic E-state index is 13.2. The second-order valence-corrected chi connectivity index (χ2v) is 9.49. The van der Waals surface area contributed by atoms with Gasteiger partial charge in [0.25, 0.3) is 5.91 Å². The van der Waals surface area contributed by atoms with Gasteiger partial charge < -0.3 is 4.74 Å². The number of esters is 1. The summed E-state index contributed by atoms with van der Waals surface area (Å²) in [5.41, 5.74) is 3.92. The van der Waals surface area contributed by atoms with Gasteiger partial charge in [0, 0.05) is 41.5 Å². The Balaban J connectivity index is 1.32. The average molecular weight is 479 g/mol. The summed E-state index contributed by atoms with van der Waals surface area (Å²) in [6.07, 6.45) is 0.783. The van der Waals surface area contributed by atoms with Crippen LogP contribution in [0.25, 0.3) is 21.5 Å². The van der Waals surface area contributed by atoms with Gasteiger partial charge >= 0.3 is 5.97 Å². The number of benzene rings is 1. The Morgan fingerprint density at radius 1 is 1.15 bits per heavy atom. The van der Waals surface area contributed by atoms with Crippen LogP contribution >= 0.6 is 22.7 Å². The molecule has 0 atom stereocenters. The largest absolute Gasteiger partial charge is 0.452 e. The third-order valence-corrected chi connectivity index (χ3v) is 7.29. The van der Waals surface area contributed by atoms with Crippen molar-refractivity contribution in [3.05, 3.63) is 64.0 Å². The summed E-state index contributed by atoms with van der Waals surface area (Å²) >= 11 is 2.93. The topological polar surface area (TPSA) is 84.4 Å². The van der Waals surface area contributed by atoms with E-state index in [2.05, 4.69) is 22.1 Å². The first-order valence-corrected chi connectivity index (χ1v) is 12.5. The molecule has 0 spiro atoms. The standard InChI is InChI=1S/C24H22N4O3S2/c1-2-28-10-9-18-16(12-28)22(15-6-3-4-7-17(15)25-18)23(30)31-13-21(29)27-24-26-19(14-33-24)20-8-5-11-32-20/h3-8,11,14H,2,9-10,12-13H2,1H3,(H,26,27,29). The van der Waals surface area contributed by atoms with Crippen molar-refractivity contribution in [2.45, 2.75) is 19.9 Å². The number of fused-ring (bicyclic) bond motifs is 2. The maximum Gasteiger partial charge on any atom is 0.339 e. The summed E-state index contributed by atoms with van der Waals surface area (Å²) in [7, 11) is 0. The van der Waals surface area contributed by atoms with Gasteiger partial charge in [0.1, 0.15) is 0 Å². The van der Waals surface area contributed by atoms with Gasteiger partial charge in [-0.05, 0) is 24.1 Å². The van der Waals surface area contributed by atoms with E-state index in [9.17, 15) is 9.59 Å². The lowest BCUT2D eigenvalue weighted by Gasteiger charge is -2.28. The maximum absolute atomic E-state index is 13.2. The Bertz CT molecular complexity index is 1320. The first-order chi connectivity index (χ1) is 16.1. The second-order valence-electron chi connectivity index (χ2n) is 7.69. The van der Waals surface area contributed by atoms with Gasteiger partial charge in [-0.25, -0.2) is 9.78 Å². The van der Waals surface area contributed by atoms with Gasteiger partial charge in [0.2, 0.25) is 0 Å². The quantitative estimate of drug-likeness (QED) is 0.408. The van der Waals surface area contributed by atoms with Crippen LogP contribution in [0.15, 0.2) is 47.2 Å². The molecule has 0 radical (unpaired) electrons. The second kappa shape index (κ2) is 9.38. The lowest BCUT2D eigenvalue weighted by Crippen LogP contribution is -2.32. The highest BCUT2D eigenvalue weighted by Crippen LogP contribution is 2.30. The van der Waals surface area contributed by atoms with Crippen LogP contribution in [0, 0.1) is 0 Å². The summed E-state index contributed by atoms with van der Waals surface area (Å²) in [5.74, 6) is -0.922. The smallest absolute Gasteiger partial charge is 0.339 e. The molecule has 0 aliphatic carbocycles. The molecule has 1 amide bonds. The summed E-state index contributed by atoms with van der Waals surface area (Å²) in [6, 6.07) is 11.5. The molecule has 7 nitrogen and oxygen atoms in total. The van der Waals surface area contributed by atoms with Gasteiger partial charge in [-0.1, -0.05) is 31.2 Å². The highest BCUT2D eigenvalue weighted by atomic mass is 32.1. The van der Waals surface area contributed by atoms with E-state index >= 15 is 0 Å². The molecule has 9 heteroatoms. The molecule has 0 unspecified atom stereocenters. The van der Waals surface area contributed by atoms with Gasteiger partial charge in [0.05, 0.1) is 21.7 Å². The lowest BCUT2D eigenvalue weighted by molar-refractivity contribution is -0.119. The number of ether oxygens (including phenoxy) is 1. The highest BCUT2D eigenvalue weighted by Gasteiger charge is 2.26. The molecule has 0 saturated heterocycles. The number of carbonyl (C=O) groups is 2. The minimum absolute atomic E-state index is 0.379. The Labute approximate surface area is 199 Å². The lowest BCUT2D eigenvalue weighted by atomic mass is 9.96. The number of nitrogens with zero attached hydrogens (tertiary/aromatic N) is 3. The molecule has 1 aromatic carbocycles. The number of para-hydroxylation sites is 1. The van der Waals surface area contributed by atoms with Crippen LogP contribution in [0.1, 0.15) is 28.5 Å². The number of thiophene rings is 1. The van der Waals surface area contributed by atoms with Crippen molar-refractivity contribution in [3.8, 4) is 10.6 Å². The summed E-state index contributed by atoms with van der Waals surface area (Å²) in [4.78, 5) is 38.2. The van der Waals surface area contributed by atoms with E-state index in [0.717, 1.165) is 52.2 Å². The first kappa shape index (κ1) is 21.7. The van der Waals surface area contributed by atoms with Crippen LogP contribution < -0.4 is 5.32 Å². The number of nitrogens with one attached hydrogen (secondary N) is 1. The number of aromatic nitrogens is 2. The van der Waals surface area contributed by atoms with E-state index < -0.39 is 11.9 Å². The Morgan fingerprint density at radius 3 is 2.85 bits per heavy atom. The Kier molecular flexibility index (Phi) is 6.17.